The lowest BCUT2D eigenvalue weighted by Crippen LogP contribution is -2.50. The minimum absolute atomic E-state index is 0.0610. The summed E-state index contributed by atoms with van der Waals surface area (Å²) in [5.41, 5.74) is 0. The van der Waals surface area contributed by atoms with Crippen molar-refractivity contribution >= 4 is 11.8 Å². The summed E-state index contributed by atoms with van der Waals surface area (Å²) in [5, 5.41) is 0. The van der Waals surface area contributed by atoms with Gasteiger partial charge in [0.05, 0.1) is 12.6 Å². The van der Waals surface area contributed by atoms with Gasteiger partial charge in [-0.3, -0.25) is 9.59 Å². The number of carbonyl (C=O) groups is 2. The molecule has 2 aliphatic rings. The maximum Gasteiger partial charge on any atom is 0.245 e. The highest BCUT2D eigenvalue weighted by molar-refractivity contribution is 5.90. The van der Waals surface area contributed by atoms with Crippen molar-refractivity contribution in [1.82, 2.24) is 9.80 Å². The number of fused-ring (bicyclic) bond motifs is 1. The zero-order chi connectivity index (χ0) is 14.0. The summed E-state index contributed by atoms with van der Waals surface area (Å²) in [7, 11) is 1.66. The highest BCUT2D eigenvalue weighted by Gasteiger charge is 2.41. The predicted molar refractivity (Wildman–Crippen MR) is 71.6 cm³/mol. The first kappa shape index (κ1) is 14.3. The zero-order valence-electron chi connectivity index (χ0n) is 12.1. The van der Waals surface area contributed by atoms with Gasteiger partial charge in [0.1, 0.15) is 6.04 Å². The van der Waals surface area contributed by atoms with Crippen molar-refractivity contribution in [2.24, 2.45) is 5.92 Å². The van der Waals surface area contributed by atoms with Crippen LogP contribution >= 0.6 is 0 Å². The van der Waals surface area contributed by atoms with E-state index in [0.29, 0.717) is 25.5 Å². The van der Waals surface area contributed by atoms with E-state index >= 15 is 0 Å². The number of ether oxygens (including phenoxy) is 1. The minimum Gasteiger partial charge on any atom is -0.383 e. The molecular weight excluding hydrogens is 244 g/mol. The normalized spacial score (nSPS) is 25.8. The van der Waals surface area contributed by atoms with Crippen molar-refractivity contribution in [3.05, 3.63) is 0 Å². The quantitative estimate of drug-likeness (QED) is 0.760. The van der Waals surface area contributed by atoms with Crippen LogP contribution < -0.4 is 0 Å². The van der Waals surface area contributed by atoms with Gasteiger partial charge in [-0.1, -0.05) is 13.8 Å². The summed E-state index contributed by atoms with van der Waals surface area (Å²) in [5.74, 6) is 0.560. The van der Waals surface area contributed by atoms with E-state index in [1.165, 1.54) is 0 Å². The van der Waals surface area contributed by atoms with Gasteiger partial charge in [-0.15, -0.1) is 0 Å². The molecule has 2 heterocycles. The molecule has 108 valence electrons. The van der Waals surface area contributed by atoms with Gasteiger partial charge < -0.3 is 14.5 Å². The van der Waals surface area contributed by atoms with Crippen LogP contribution in [0.5, 0.6) is 0 Å². The number of nitrogens with zero attached hydrogens (tertiary/aromatic N) is 2. The van der Waals surface area contributed by atoms with Crippen molar-refractivity contribution in [3.63, 3.8) is 0 Å². The average Bonchev–Trinajstić information content (AvgIpc) is 2.82. The molecule has 0 bridgehead atoms. The second kappa shape index (κ2) is 5.90. The highest BCUT2D eigenvalue weighted by atomic mass is 16.5. The summed E-state index contributed by atoms with van der Waals surface area (Å²) in [4.78, 5) is 28.4. The van der Waals surface area contributed by atoms with Crippen molar-refractivity contribution in [2.75, 3.05) is 26.8 Å². The van der Waals surface area contributed by atoms with Gasteiger partial charge in [-0.2, -0.15) is 0 Å². The SMILES string of the molecule is COCC(C(C)C)N1CCC(=O)N2CCCC2C1=O. The topological polar surface area (TPSA) is 49.9 Å². The first-order chi connectivity index (χ1) is 9.06. The molecule has 2 unspecified atom stereocenters. The van der Waals surface area contributed by atoms with Gasteiger partial charge in [-0.25, -0.2) is 0 Å². The Morgan fingerprint density at radius 1 is 1.32 bits per heavy atom. The van der Waals surface area contributed by atoms with E-state index in [-0.39, 0.29) is 23.9 Å². The molecule has 2 rings (SSSR count). The molecule has 2 fully saturated rings. The second-order valence-corrected chi connectivity index (χ2v) is 5.79. The molecule has 0 saturated carbocycles. The molecule has 0 aromatic rings. The van der Waals surface area contributed by atoms with Crippen LogP contribution in [0.3, 0.4) is 0 Å². The number of amides is 2. The van der Waals surface area contributed by atoms with E-state index in [4.69, 9.17) is 4.74 Å². The summed E-state index contributed by atoms with van der Waals surface area (Å²) in [6, 6.07) is -0.168. The van der Waals surface area contributed by atoms with E-state index in [0.717, 1.165) is 19.4 Å². The zero-order valence-corrected chi connectivity index (χ0v) is 12.1. The van der Waals surface area contributed by atoms with Crippen LogP contribution in [0, 0.1) is 5.92 Å². The lowest BCUT2D eigenvalue weighted by Gasteiger charge is -2.34. The third kappa shape index (κ3) is 2.76. The number of hydrogen-bond acceptors (Lipinski definition) is 3. The molecule has 2 aliphatic heterocycles. The Morgan fingerprint density at radius 2 is 2.05 bits per heavy atom. The Kier molecular flexibility index (Phi) is 4.45. The average molecular weight is 268 g/mol. The summed E-state index contributed by atoms with van der Waals surface area (Å²) in [6.45, 7) is 5.98. The lowest BCUT2D eigenvalue weighted by atomic mass is 10.0. The fourth-order valence-electron chi connectivity index (χ4n) is 3.13. The molecule has 5 heteroatoms. The summed E-state index contributed by atoms with van der Waals surface area (Å²) >= 11 is 0. The summed E-state index contributed by atoms with van der Waals surface area (Å²) < 4.78 is 5.25. The third-order valence-corrected chi connectivity index (χ3v) is 4.22. The first-order valence-electron chi connectivity index (χ1n) is 7.15. The number of methoxy groups -OCH3 is 1. The van der Waals surface area contributed by atoms with Gasteiger partial charge in [0.15, 0.2) is 0 Å². The molecule has 0 spiro atoms. The Bertz CT molecular complexity index is 357. The molecule has 0 aromatic heterocycles. The lowest BCUT2D eigenvalue weighted by molar-refractivity contribution is -0.142. The van der Waals surface area contributed by atoms with Gasteiger partial charge in [0, 0.05) is 26.6 Å². The van der Waals surface area contributed by atoms with Gasteiger partial charge >= 0.3 is 0 Å². The Hall–Kier alpha value is -1.10. The van der Waals surface area contributed by atoms with Crippen LogP contribution in [0.4, 0.5) is 0 Å². The maximum absolute atomic E-state index is 12.7. The Labute approximate surface area is 114 Å². The first-order valence-corrected chi connectivity index (χ1v) is 7.15. The van der Waals surface area contributed by atoms with Crippen molar-refractivity contribution in [3.8, 4) is 0 Å². The molecule has 2 atom stereocenters. The standard InChI is InChI=1S/C14H24N2O3/c1-10(2)12(9-19-3)16-8-6-13(17)15-7-4-5-11(15)14(16)18/h10-12H,4-9H2,1-3H3. The minimum atomic E-state index is -0.229. The molecule has 0 N–H and O–H groups in total. The van der Waals surface area contributed by atoms with E-state index < -0.39 is 0 Å². The fraction of sp³-hybridized carbons (Fsp3) is 0.857. The van der Waals surface area contributed by atoms with Crippen molar-refractivity contribution < 1.29 is 14.3 Å². The van der Waals surface area contributed by atoms with Crippen molar-refractivity contribution in [2.45, 2.75) is 45.2 Å². The highest BCUT2D eigenvalue weighted by Crippen LogP contribution is 2.26. The van der Waals surface area contributed by atoms with Crippen LogP contribution in [0.15, 0.2) is 0 Å². The molecule has 0 aromatic carbocycles. The second-order valence-electron chi connectivity index (χ2n) is 5.79. The molecular formula is C14H24N2O3. The molecule has 2 amide bonds. The number of carbonyl (C=O) groups excluding carboxylic acids is 2. The number of hydrogen-bond donors (Lipinski definition) is 0. The van der Waals surface area contributed by atoms with E-state index in [1.54, 1.807) is 12.0 Å². The largest absolute Gasteiger partial charge is 0.383 e. The van der Waals surface area contributed by atoms with E-state index in [2.05, 4.69) is 13.8 Å². The molecule has 0 radical (unpaired) electrons. The molecule has 19 heavy (non-hydrogen) atoms. The molecule has 0 aliphatic carbocycles. The van der Waals surface area contributed by atoms with Gasteiger partial charge in [-0.05, 0) is 18.8 Å². The third-order valence-electron chi connectivity index (χ3n) is 4.22. The maximum atomic E-state index is 12.7. The van der Waals surface area contributed by atoms with Gasteiger partial charge in [0.25, 0.3) is 0 Å². The van der Waals surface area contributed by atoms with Crippen LogP contribution in [-0.2, 0) is 14.3 Å². The number of rotatable bonds is 4. The van der Waals surface area contributed by atoms with Crippen LogP contribution in [0.2, 0.25) is 0 Å². The van der Waals surface area contributed by atoms with E-state index in [9.17, 15) is 9.59 Å². The van der Waals surface area contributed by atoms with E-state index in [1.807, 2.05) is 4.90 Å². The smallest absolute Gasteiger partial charge is 0.245 e. The van der Waals surface area contributed by atoms with Crippen LogP contribution in [-0.4, -0.2) is 60.5 Å². The fourth-order valence-corrected chi connectivity index (χ4v) is 3.13. The summed E-state index contributed by atoms with van der Waals surface area (Å²) in [6.07, 6.45) is 2.18. The predicted octanol–water partition coefficient (Wildman–Crippen LogP) is 0.881. The van der Waals surface area contributed by atoms with Crippen LogP contribution in [0.25, 0.3) is 0 Å². The molecule has 2 saturated heterocycles. The molecule has 5 nitrogen and oxygen atoms in total. The Morgan fingerprint density at radius 3 is 2.68 bits per heavy atom. The van der Waals surface area contributed by atoms with Crippen molar-refractivity contribution in [1.29, 1.82) is 0 Å². The monoisotopic (exact) mass is 268 g/mol. The van der Waals surface area contributed by atoms with Crippen LogP contribution in [0.1, 0.15) is 33.1 Å². The Balaban J connectivity index is 2.20. The van der Waals surface area contributed by atoms with Gasteiger partial charge in [0.2, 0.25) is 11.8 Å².